The van der Waals surface area contributed by atoms with E-state index >= 15 is 0 Å². The monoisotopic (exact) mass is 443 g/mol. The summed E-state index contributed by atoms with van der Waals surface area (Å²) >= 11 is 0. The van der Waals surface area contributed by atoms with Gasteiger partial charge in [0.2, 0.25) is 0 Å². The van der Waals surface area contributed by atoms with Crippen molar-refractivity contribution in [1.29, 1.82) is 0 Å². The molecular formula is C29H37N3O. The van der Waals surface area contributed by atoms with Crippen LogP contribution in [0.15, 0.2) is 53.1 Å². The Labute approximate surface area is 198 Å². The number of fused-ring (bicyclic) bond motifs is 1. The number of rotatable bonds is 9. The second-order valence-electron chi connectivity index (χ2n) is 10.3. The van der Waals surface area contributed by atoms with Crippen molar-refractivity contribution in [2.24, 2.45) is 11.8 Å². The Hall–Kier alpha value is -2.43. The third-order valence-corrected chi connectivity index (χ3v) is 7.24. The highest BCUT2D eigenvalue weighted by molar-refractivity contribution is 5.85. The summed E-state index contributed by atoms with van der Waals surface area (Å²) < 4.78 is 5.95. The van der Waals surface area contributed by atoms with Crippen LogP contribution in [0, 0.1) is 11.8 Å². The normalized spacial score (nSPS) is 18.2. The maximum atomic E-state index is 5.95. The van der Waals surface area contributed by atoms with Gasteiger partial charge in [0.05, 0.1) is 5.69 Å². The molecule has 2 aliphatic rings. The number of allylic oxidation sites excluding steroid dienone is 1. The average molecular weight is 444 g/mol. The number of aromatic nitrogens is 1. The molecule has 2 aromatic carbocycles. The van der Waals surface area contributed by atoms with E-state index in [1.165, 1.54) is 67.3 Å². The molecule has 1 aliphatic heterocycles. The SMILES string of the molecule is CN(C)Cc1c(/C=C\C2CC2)ccc2c(CCC3CCN(Cc4ccccc4)CC3)noc12. The highest BCUT2D eigenvalue weighted by atomic mass is 16.5. The van der Waals surface area contributed by atoms with Crippen LogP contribution in [0.5, 0.6) is 0 Å². The summed E-state index contributed by atoms with van der Waals surface area (Å²) in [6, 6.07) is 15.3. The molecule has 2 fully saturated rings. The molecule has 1 aromatic heterocycles. The van der Waals surface area contributed by atoms with Crippen molar-refractivity contribution in [2.45, 2.75) is 51.6 Å². The Morgan fingerprint density at radius 2 is 1.82 bits per heavy atom. The minimum atomic E-state index is 0.775. The first-order chi connectivity index (χ1) is 16.2. The quantitative estimate of drug-likeness (QED) is 0.397. The van der Waals surface area contributed by atoms with Gasteiger partial charge >= 0.3 is 0 Å². The predicted octanol–water partition coefficient (Wildman–Crippen LogP) is 6.16. The fourth-order valence-electron chi connectivity index (χ4n) is 5.08. The lowest BCUT2D eigenvalue weighted by Crippen LogP contribution is -2.33. The van der Waals surface area contributed by atoms with Gasteiger partial charge in [0.25, 0.3) is 0 Å². The first-order valence-corrected chi connectivity index (χ1v) is 12.6. The molecule has 0 amide bonds. The Bertz CT molecular complexity index is 1070. The van der Waals surface area contributed by atoms with E-state index in [1.807, 2.05) is 0 Å². The molecule has 174 valence electrons. The van der Waals surface area contributed by atoms with Gasteiger partial charge < -0.3 is 9.42 Å². The number of hydrogen-bond acceptors (Lipinski definition) is 4. The number of benzene rings is 2. The second-order valence-corrected chi connectivity index (χ2v) is 10.3. The van der Waals surface area contributed by atoms with Crippen LogP contribution in [0.4, 0.5) is 0 Å². The van der Waals surface area contributed by atoms with Crippen LogP contribution in [-0.2, 0) is 19.5 Å². The van der Waals surface area contributed by atoms with E-state index in [2.05, 4.69) is 83.7 Å². The van der Waals surface area contributed by atoms with E-state index in [-0.39, 0.29) is 0 Å². The van der Waals surface area contributed by atoms with E-state index in [9.17, 15) is 0 Å². The summed E-state index contributed by atoms with van der Waals surface area (Å²) in [6.07, 6.45) is 12.1. The molecule has 0 N–H and O–H groups in total. The van der Waals surface area contributed by atoms with Gasteiger partial charge in [-0.1, -0.05) is 53.7 Å². The lowest BCUT2D eigenvalue weighted by atomic mass is 9.90. The largest absolute Gasteiger partial charge is 0.356 e. The van der Waals surface area contributed by atoms with Crippen LogP contribution >= 0.6 is 0 Å². The van der Waals surface area contributed by atoms with Crippen LogP contribution in [0.25, 0.3) is 17.0 Å². The summed E-state index contributed by atoms with van der Waals surface area (Å²) in [4.78, 5) is 4.82. The molecule has 2 heterocycles. The first kappa shape index (κ1) is 22.4. The van der Waals surface area contributed by atoms with Crippen LogP contribution < -0.4 is 0 Å². The Kier molecular flexibility index (Phi) is 6.93. The summed E-state index contributed by atoms with van der Waals surface area (Å²) in [7, 11) is 4.24. The molecule has 5 rings (SSSR count). The number of nitrogens with zero attached hydrogens (tertiary/aromatic N) is 3. The van der Waals surface area contributed by atoms with Crippen LogP contribution in [0.1, 0.15) is 54.5 Å². The van der Waals surface area contributed by atoms with Crippen molar-refractivity contribution in [3.63, 3.8) is 0 Å². The van der Waals surface area contributed by atoms with Gasteiger partial charge in [-0.25, -0.2) is 0 Å². The third kappa shape index (κ3) is 5.74. The molecule has 0 radical (unpaired) electrons. The third-order valence-electron chi connectivity index (χ3n) is 7.24. The van der Waals surface area contributed by atoms with Crippen molar-refractivity contribution >= 4 is 17.0 Å². The molecule has 33 heavy (non-hydrogen) atoms. The van der Waals surface area contributed by atoms with Crippen molar-refractivity contribution in [3.8, 4) is 0 Å². The standard InChI is InChI=1S/C29H37N3O/c1-31(2)21-27-25(12-10-22-8-9-22)13-14-26-28(30-33-29(26)27)15-11-23-16-18-32(19-17-23)20-24-6-4-3-5-7-24/h3-7,10,12-14,22-23H,8-9,11,15-21H2,1-2H3/b12-10-. The van der Waals surface area contributed by atoms with Crippen molar-refractivity contribution in [1.82, 2.24) is 15.0 Å². The van der Waals surface area contributed by atoms with Crippen LogP contribution in [0.3, 0.4) is 0 Å². The van der Waals surface area contributed by atoms with Gasteiger partial charge in [0, 0.05) is 24.0 Å². The fraction of sp³-hybridized carbons (Fsp3) is 0.483. The van der Waals surface area contributed by atoms with E-state index in [1.54, 1.807) is 0 Å². The topological polar surface area (TPSA) is 32.5 Å². The zero-order chi connectivity index (χ0) is 22.6. The minimum absolute atomic E-state index is 0.775. The van der Waals surface area contributed by atoms with E-state index < -0.39 is 0 Å². The van der Waals surface area contributed by atoms with Gasteiger partial charge in [-0.05, 0) is 94.7 Å². The second kappa shape index (κ2) is 10.2. The number of likely N-dealkylation sites (tertiary alicyclic amines) is 1. The molecule has 0 atom stereocenters. The number of aryl methyl sites for hydroxylation is 1. The number of piperidine rings is 1. The van der Waals surface area contributed by atoms with Crippen molar-refractivity contribution in [2.75, 3.05) is 27.2 Å². The van der Waals surface area contributed by atoms with Gasteiger partial charge in [0.15, 0.2) is 5.58 Å². The predicted molar refractivity (Wildman–Crippen MR) is 136 cm³/mol. The molecule has 1 saturated heterocycles. The summed E-state index contributed by atoms with van der Waals surface area (Å²) in [5.74, 6) is 1.56. The summed E-state index contributed by atoms with van der Waals surface area (Å²) in [5, 5.41) is 5.74. The molecule has 4 heteroatoms. The van der Waals surface area contributed by atoms with Gasteiger partial charge in [0.1, 0.15) is 0 Å². The zero-order valence-electron chi connectivity index (χ0n) is 20.2. The van der Waals surface area contributed by atoms with Crippen LogP contribution in [0.2, 0.25) is 0 Å². The maximum Gasteiger partial charge on any atom is 0.172 e. The minimum Gasteiger partial charge on any atom is -0.356 e. The lowest BCUT2D eigenvalue weighted by Gasteiger charge is -2.31. The summed E-state index contributed by atoms with van der Waals surface area (Å²) in [6.45, 7) is 4.34. The molecule has 1 saturated carbocycles. The molecule has 0 bridgehead atoms. The zero-order valence-corrected chi connectivity index (χ0v) is 20.2. The Morgan fingerprint density at radius 1 is 1.03 bits per heavy atom. The summed E-state index contributed by atoms with van der Waals surface area (Å²) in [5.41, 5.74) is 6.08. The van der Waals surface area contributed by atoms with Gasteiger partial charge in [-0.3, -0.25) is 4.90 Å². The van der Waals surface area contributed by atoms with Crippen molar-refractivity contribution in [3.05, 3.63) is 70.9 Å². The molecular weight excluding hydrogens is 406 g/mol. The molecule has 0 unspecified atom stereocenters. The fourth-order valence-corrected chi connectivity index (χ4v) is 5.08. The molecule has 1 aliphatic carbocycles. The lowest BCUT2D eigenvalue weighted by molar-refractivity contribution is 0.172. The Morgan fingerprint density at radius 3 is 2.55 bits per heavy atom. The highest BCUT2D eigenvalue weighted by Crippen LogP contribution is 2.33. The molecule has 0 spiro atoms. The first-order valence-electron chi connectivity index (χ1n) is 12.6. The Balaban J connectivity index is 1.21. The van der Waals surface area contributed by atoms with Gasteiger partial charge in [-0.15, -0.1) is 0 Å². The molecule has 3 aromatic rings. The molecule has 4 nitrogen and oxygen atoms in total. The van der Waals surface area contributed by atoms with Gasteiger partial charge in [-0.2, -0.15) is 0 Å². The average Bonchev–Trinajstić information content (AvgIpc) is 3.56. The number of hydrogen-bond donors (Lipinski definition) is 0. The van der Waals surface area contributed by atoms with E-state index in [0.29, 0.717) is 0 Å². The smallest absolute Gasteiger partial charge is 0.172 e. The highest BCUT2D eigenvalue weighted by Gasteiger charge is 2.22. The van der Waals surface area contributed by atoms with Crippen molar-refractivity contribution < 1.29 is 4.52 Å². The van der Waals surface area contributed by atoms with E-state index in [4.69, 9.17) is 4.52 Å². The maximum absolute atomic E-state index is 5.95. The van der Waals surface area contributed by atoms with E-state index in [0.717, 1.165) is 42.6 Å². The van der Waals surface area contributed by atoms with Crippen LogP contribution in [-0.4, -0.2) is 42.1 Å².